The molecule has 2 nitrogen and oxygen atoms in total. The van der Waals surface area contributed by atoms with Crippen molar-refractivity contribution in [3.63, 3.8) is 0 Å². The molecule has 1 rings (SSSR count). The molecule has 13 heavy (non-hydrogen) atoms. The average molecular weight is 179 g/mol. The quantitative estimate of drug-likeness (QED) is 0.709. The molecule has 0 fully saturated rings. The van der Waals surface area contributed by atoms with Crippen molar-refractivity contribution in [2.75, 3.05) is 6.61 Å². The van der Waals surface area contributed by atoms with Crippen LogP contribution in [-0.4, -0.2) is 11.6 Å². The molecular formula is C11H17NO. The number of ether oxygens (including phenoxy) is 1. The number of rotatable bonds is 4. The summed E-state index contributed by atoms with van der Waals surface area (Å²) in [4.78, 5) is 4.25. The number of hydrogen-bond donors (Lipinski definition) is 0. The molecule has 1 aromatic heterocycles. The van der Waals surface area contributed by atoms with Crippen molar-refractivity contribution < 1.29 is 4.74 Å². The molecule has 0 radical (unpaired) electrons. The molecule has 0 aliphatic carbocycles. The Morgan fingerprint density at radius 3 is 2.62 bits per heavy atom. The Labute approximate surface area is 80.0 Å². The van der Waals surface area contributed by atoms with Crippen LogP contribution in [0.15, 0.2) is 18.3 Å². The molecule has 0 aromatic carbocycles. The highest BCUT2D eigenvalue weighted by Crippen LogP contribution is 2.10. The third-order valence-corrected chi connectivity index (χ3v) is 1.74. The SMILES string of the molecule is CCc1ccc(OCC(C)C)cn1. The molecule has 72 valence electrons. The van der Waals surface area contributed by atoms with E-state index in [1.54, 1.807) is 6.20 Å². The van der Waals surface area contributed by atoms with Gasteiger partial charge in [-0.05, 0) is 24.5 Å². The molecule has 0 aliphatic heterocycles. The minimum atomic E-state index is 0.561. The van der Waals surface area contributed by atoms with E-state index in [4.69, 9.17) is 4.74 Å². The molecule has 0 saturated heterocycles. The van der Waals surface area contributed by atoms with E-state index in [0.717, 1.165) is 24.5 Å². The zero-order chi connectivity index (χ0) is 9.68. The van der Waals surface area contributed by atoms with E-state index in [1.165, 1.54) is 0 Å². The van der Waals surface area contributed by atoms with E-state index in [2.05, 4.69) is 25.8 Å². The van der Waals surface area contributed by atoms with Gasteiger partial charge in [0, 0.05) is 5.69 Å². The second-order valence-electron chi connectivity index (χ2n) is 3.54. The first kappa shape index (κ1) is 10.0. The second kappa shape index (κ2) is 4.85. The number of aromatic nitrogens is 1. The Balaban J connectivity index is 2.49. The van der Waals surface area contributed by atoms with Crippen molar-refractivity contribution >= 4 is 0 Å². The topological polar surface area (TPSA) is 22.1 Å². The van der Waals surface area contributed by atoms with Crippen LogP contribution in [0.1, 0.15) is 26.5 Å². The summed E-state index contributed by atoms with van der Waals surface area (Å²) >= 11 is 0. The van der Waals surface area contributed by atoms with E-state index < -0.39 is 0 Å². The summed E-state index contributed by atoms with van der Waals surface area (Å²) in [6.45, 7) is 7.12. The highest BCUT2D eigenvalue weighted by Gasteiger charge is 1.97. The summed E-state index contributed by atoms with van der Waals surface area (Å²) < 4.78 is 5.50. The Bertz CT molecular complexity index is 241. The number of hydrogen-bond acceptors (Lipinski definition) is 2. The lowest BCUT2D eigenvalue weighted by Gasteiger charge is -2.07. The molecule has 2 heteroatoms. The lowest BCUT2D eigenvalue weighted by molar-refractivity contribution is 0.270. The fourth-order valence-electron chi connectivity index (χ4n) is 0.968. The zero-order valence-corrected chi connectivity index (χ0v) is 8.58. The highest BCUT2D eigenvalue weighted by molar-refractivity contribution is 5.19. The largest absolute Gasteiger partial charge is 0.492 e. The summed E-state index contributed by atoms with van der Waals surface area (Å²) in [5.74, 6) is 1.43. The lowest BCUT2D eigenvalue weighted by Crippen LogP contribution is -2.04. The van der Waals surface area contributed by atoms with Gasteiger partial charge in [0.2, 0.25) is 0 Å². The van der Waals surface area contributed by atoms with Crippen LogP contribution in [0.3, 0.4) is 0 Å². The molecule has 0 unspecified atom stereocenters. The first-order valence-electron chi connectivity index (χ1n) is 4.80. The monoisotopic (exact) mass is 179 g/mol. The fraction of sp³-hybridized carbons (Fsp3) is 0.545. The third-order valence-electron chi connectivity index (χ3n) is 1.74. The summed E-state index contributed by atoms with van der Waals surface area (Å²) in [6.07, 6.45) is 2.77. The zero-order valence-electron chi connectivity index (χ0n) is 8.58. The van der Waals surface area contributed by atoms with Gasteiger partial charge in [0.25, 0.3) is 0 Å². The summed E-state index contributed by atoms with van der Waals surface area (Å²) in [7, 11) is 0. The lowest BCUT2D eigenvalue weighted by atomic mass is 10.2. The van der Waals surface area contributed by atoms with Crippen molar-refractivity contribution in [1.29, 1.82) is 0 Å². The van der Waals surface area contributed by atoms with Crippen molar-refractivity contribution in [2.24, 2.45) is 5.92 Å². The summed E-state index contributed by atoms with van der Waals surface area (Å²) in [5.41, 5.74) is 1.11. The van der Waals surface area contributed by atoms with Crippen LogP contribution in [0, 0.1) is 5.92 Å². The first-order valence-corrected chi connectivity index (χ1v) is 4.80. The van der Waals surface area contributed by atoms with Crippen LogP contribution in [-0.2, 0) is 6.42 Å². The van der Waals surface area contributed by atoms with Gasteiger partial charge in [-0.15, -0.1) is 0 Å². The van der Waals surface area contributed by atoms with Crippen molar-refractivity contribution in [3.05, 3.63) is 24.0 Å². The Morgan fingerprint density at radius 2 is 2.15 bits per heavy atom. The van der Waals surface area contributed by atoms with E-state index in [-0.39, 0.29) is 0 Å². The summed E-state index contributed by atoms with van der Waals surface area (Å²) in [6, 6.07) is 3.99. The third kappa shape index (κ3) is 3.45. The average Bonchev–Trinajstić information content (AvgIpc) is 2.15. The van der Waals surface area contributed by atoms with Gasteiger partial charge in [0.05, 0.1) is 12.8 Å². The number of pyridine rings is 1. The van der Waals surface area contributed by atoms with Crippen LogP contribution in [0.5, 0.6) is 5.75 Å². The molecule has 0 atom stereocenters. The minimum absolute atomic E-state index is 0.561. The Hall–Kier alpha value is -1.05. The standard InChI is InChI=1S/C11H17NO/c1-4-10-5-6-11(7-12-10)13-8-9(2)3/h5-7,9H,4,8H2,1-3H3. The number of aryl methyl sites for hydroxylation is 1. The van der Waals surface area contributed by atoms with Gasteiger partial charge in [-0.25, -0.2) is 0 Å². The Kier molecular flexibility index (Phi) is 3.74. The molecule has 0 spiro atoms. The molecule has 1 aromatic rings. The van der Waals surface area contributed by atoms with Gasteiger partial charge in [-0.3, -0.25) is 4.98 Å². The molecule has 0 aliphatic rings. The highest BCUT2D eigenvalue weighted by atomic mass is 16.5. The maximum atomic E-state index is 5.50. The van der Waals surface area contributed by atoms with Gasteiger partial charge < -0.3 is 4.74 Å². The number of nitrogens with zero attached hydrogens (tertiary/aromatic N) is 1. The van der Waals surface area contributed by atoms with Crippen LogP contribution in [0.4, 0.5) is 0 Å². The molecule has 1 heterocycles. The molecule has 0 N–H and O–H groups in total. The van der Waals surface area contributed by atoms with Crippen molar-refractivity contribution in [2.45, 2.75) is 27.2 Å². The van der Waals surface area contributed by atoms with E-state index in [1.807, 2.05) is 12.1 Å². The summed E-state index contributed by atoms with van der Waals surface area (Å²) in [5, 5.41) is 0. The predicted octanol–water partition coefficient (Wildman–Crippen LogP) is 2.68. The van der Waals surface area contributed by atoms with Crippen molar-refractivity contribution in [3.8, 4) is 5.75 Å². The van der Waals surface area contributed by atoms with Crippen LogP contribution in [0.25, 0.3) is 0 Å². The van der Waals surface area contributed by atoms with Crippen LogP contribution < -0.4 is 4.74 Å². The van der Waals surface area contributed by atoms with E-state index >= 15 is 0 Å². The van der Waals surface area contributed by atoms with Gasteiger partial charge in [-0.1, -0.05) is 20.8 Å². The van der Waals surface area contributed by atoms with Gasteiger partial charge in [-0.2, -0.15) is 0 Å². The fourth-order valence-corrected chi connectivity index (χ4v) is 0.968. The van der Waals surface area contributed by atoms with Gasteiger partial charge >= 0.3 is 0 Å². The normalized spacial score (nSPS) is 10.5. The molecule has 0 saturated carbocycles. The minimum Gasteiger partial charge on any atom is -0.492 e. The first-order chi connectivity index (χ1) is 6.22. The maximum absolute atomic E-state index is 5.50. The maximum Gasteiger partial charge on any atom is 0.137 e. The Morgan fingerprint density at radius 1 is 1.38 bits per heavy atom. The second-order valence-corrected chi connectivity index (χ2v) is 3.54. The van der Waals surface area contributed by atoms with Crippen molar-refractivity contribution in [1.82, 2.24) is 4.98 Å². The smallest absolute Gasteiger partial charge is 0.137 e. The van der Waals surface area contributed by atoms with Gasteiger partial charge in [0.15, 0.2) is 0 Å². The molecule has 0 amide bonds. The van der Waals surface area contributed by atoms with E-state index in [0.29, 0.717) is 5.92 Å². The molecular weight excluding hydrogens is 162 g/mol. The van der Waals surface area contributed by atoms with Crippen LogP contribution >= 0.6 is 0 Å². The predicted molar refractivity (Wildman–Crippen MR) is 53.9 cm³/mol. The van der Waals surface area contributed by atoms with E-state index in [9.17, 15) is 0 Å². The van der Waals surface area contributed by atoms with Gasteiger partial charge in [0.1, 0.15) is 5.75 Å². The molecule has 0 bridgehead atoms. The van der Waals surface area contributed by atoms with Crippen LogP contribution in [0.2, 0.25) is 0 Å².